The first-order valence-corrected chi connectivity index (χ1v) is 8.84. The van der Waals surface area contributed by atoms with E-state index in [0.717, 1.165) is 37.7 Å². The van der Waals surface area contributed by atoms with Crippen LogP contribution in [0.25, 0.3) is 11.1 Å². The Morgan fingerprint density at radius 3 is 2.19 bits per heavy atom. The molecule has 140 valence electrons. The third kappa shape index (κ3) is 4.58. The SMILES string of the molecule is CN1CCC(N(C)C(O)Nc2ccc(-c3cc(F)cc(F)c3)cc2)CC1. The fraction of sp³-hybridized carbons (Fsp3) is 0.400. The molecule has 2 aromatic rings. The van der Waals surface area contributed by atoms with Crippen LogP contribution >= 0.6 is 0 Å². The fourth-order valence-corrected chi connectivity index (χ4v) is 3.33. The van der Waals surface area contributed by atoms with E-state index in [1.54, 1.807) is 24.3 Å². The van der Waals surface area contributed by atoms with E-state index in [4.69, 9.17) is 0 Å². The van der Waals surface area contributed by atoms with E-state index in [2.05, 4.69) is 17.3 Å². The molecule has 0 spiro atoms. The minimum atomic E-state index is -0.791. The van der Waals surface area contributed by atoms with Gasteiger partial charge in [0.2, 0.25) is 0 Å². The molecular weight excluding hydrogens is 336 g/mol. The predicted molar refractivity (Wildman–Crippen MR) is 99.7 cm³/mol. The van der Waals surface area contributed by atoms with Gasteiger partial charge in [0.05, 0.1) is 0 Å². The highest BCUT2D eigenvalue weighted by Crippen LogP contribution is 2.24. The first kappa shape index (κ1) is 18.8. The van der Waals surface area contributed by atoms with Crippen LogP contribution in [-0.4, -0.2) is 54.5 Å². The molecule has 1 fully saturated rings. The number of hydrogen-bond donors (Lipinski definition) is 2. The quantitative estimate of drug-likeness (QED) is 0.801. The van der Waals surface area contributed by atoms with Crippen LogP contribution < -0.4 is 5.32 Å². The van der Waals surface area contributed by atoms with Crippen LogP contribution in [-0.2, 0) is 0 Å². The number of hydrogen-bond acceptors (Lipinski definition) is 4. The highest BCUT2D eigenvalue weighted by atomic mass is 19.1. The van der Waals surface area contributed by atoms with Crippen molar-refractivity contribution >= 4 is 5.69 Å². The summed E-state index contributed by atoms with van der Waals surface area (Å²) in [6.07, 6.45) is 1.26. The summed E-state index contributed by atoms with van der Waals surface area (Å²) < 4.78 is 26.7. The van der Waals surface area contributed by atoms with E-state index in [-0.39, 0.29) is 0 Å². The second-order valence-corrected chi connectivity index (χ2v) is 6.95. The summed E-state index contributed by atoms with van der Waals surface area (Å²) in [7, 11) is 4.02. The predicted octanol–water partition coefficient (Wildman–Crippen LogP) is 3.35. The molecule has 0 saturated carbocycles. The maximum atomic E-state index is 13.4. The van der Waals surface area contributed by atoms with Gasteiger partial charge >= 0.3 is 0 Å². The molecule has 26 heavy (non-hydrogen) atoms. The Hall–Kier alpha value is -2.02. The van der Waals surface area contributed by atoms with Gasteiger partial charge in [-0.1, -0.05) is 12.1 Å². The largest absolute Gasteiger partial charge is 0.361 e. The normalized spacial score (nSPS) is 17.5. The Morgan fingerprint density at radius 1 is 1.04 bits per heavy atom. The number of halogens is 2. The lowest BCUT2D eigenvalue weighted by Gasteiger charge is -2.37. The van der Waals surface area contributed by atoms with Crippen molar-refractivity contribution in [1.82, 2.24) is 9.80 Å². The van der Waals surface area contributed by atoms with Gasteiger partial charge in [0, 0.05) is 17.8 Å². The van der Waals surface area contributed by atoms with Gasteiger partial charge in [0.25, 0.3) is 0 Å². The lowest BCUT2D eigenvalue weighted by atomic mass is 10.0. The zero-order valence-electron chi connectivity index (χ0n) is 15.1. The zero-order chi connectivity index (χ0) is 18.7. The number of likely N-dealkylation sites (tertiary alicyclic amines) is 1. The van der Waals surface area contributed by atoms with E-state index >= 15 is 0 Å². The fourth-order valence-electron chi connectivity index (χ4n) is 3.33. The minimum Gasteiger partial charge on any atom is -0.361 e. The minimum absolute atomic E-state index is 0.336. The van der Waals surface area contributed by atoms with Crippen molar-refractivity contribution in [2.75, 3.05) is 32.5 Å². The number of aliphatic hydroxyl groups excluding tert-OH is 1. The highest BCUT2D eigenvalue weighted by molar-refractivity contribution is 5.66. The monoisotopic (exact) mass is 361 g/mol. The zero-order valence-corrected chi connectivity index (χ0v) is 15.1. The Kier molecular flexibility index (Phi) is 5.86. The Bertz CT molecular complexity index is 710. The summed E-state index contributed by atoms with van der Waals surface area (Å²) in [5.74, 6) is -1.20. The summed E-state index contributed by atoms with van der Waals surface area (Å²) in [5, 5.41) is 13.5. The molecule has 0 radical (unpaired) electrons. The number of anilines is 1. The average molecular weight is 361 g/mol. The molecule has 2 N–H and O–H groups in total. The molecule has 1 heterocycles. The summed E-state index contributed by atoms with van der Waals surface area (Å²) in [4.78, 5) is 4.24. The van der Waals surface area contributed by atoms with Crippen LogP contribution in [0.5, 0.6) is 0 Å². The standard InChI is InChI=1S/C20H25F2N3O/c1-24-9-7-19(8-10-24)25(2)20(26)23-18-5-3-14(4-6-18)15-11-16(21)13-17(22)12-15/h3-6,11-13,19-20,23,26H,7-10H2,1-2H3. The Balaban J connectivity index is 1.63. The Labute approximate surface area is 153 Å². The summed E-state index contributed by atoms with van der Waals surface area (Å²) in [6, 6.07) is 10.9. The summed E-state index contributed by atoms with van der Waals surface area (Å²) >= 11 is 0. The van der Waals surface area contributed by atoms with E-state index in [1.807, 2.05) is 11.9 Å². The van der Waals surface area contributed by atoms with E-state index in [0.29, 0.717) is 17.2 Å². The molecule has 1 saturated heterocycles. The second-order valence-electron chi connectivity index (χ2n) is 6.95. The van der Waals surface area contributed by atoms with Crippen LogP contribution in [0.4, 0.5) is 14.5 Å². The lowest BCUT2D eigenvalue weighted by molar-refractivity contribution is -0.00238. The molecule has 1 aliphatic rings. The number of aliphatic hydroxyl groups is 1. The molecule has 0 aliphatic carbocycles. The van der Waals surface area contributed by atoms with Crippen molar-refractivity contribution in [3.63, 3.8) is 0 Å². The number of rotatable bonds is 5. The van der Waals surface area contributed by atoms with Crippen molar-refractivity contribution in [2.45, 2.75) is 25.2 Å². The van der Waals surface area contributed by atoms with Crippen molar-refractivity contribution in [2.24, 2.45) is 0 Å². The van der Waals surface area contributed by atoms with Crippen LogP contribution in [0.3, 0.4) is 0 Å². The molecule has 1 atom stereocenters. The summed E-state index contributed by atoms with van der Waals surface area (Å²) in [6.45, 7) is 2.06. The van der Waals surface area contributed by atoms with Crippen molar-refractivity contribution in [3.8, 4) is 11.1 Å². The van der Waals surface area contributed by atoms with Crippen molar-refractivity contribution in [3.05, 3.63) is 54.1 Å². The molecule has 0 bridgehead atoms. The van der Waals surface area contributed by atoms with Crippen molar-refractivity contribution < 1.29 is 13.9 Å². The van der Waals surface area contributed by atoms with Crippen LogP contribution in [0.1, 0.15) is 12.8 Å². The molecule has 3 rings (SSSR count). The van der Waals surface area contributed by atoms with E-state index in [9.17, 15) is 13.9 Å². The average Bonchev–Trinajstić information content (AvgIpc) is 2.61. The smallest absolute Gasteiger partial charge is 0.184 e. The first-order chi connectivity index (χ1) is 12.4. The second kappa shape index (κ2) is 8.12. The third-order valence-electron chi connectivity index (χ3n) is 5.03. The highest BCUT2D eigenvalue weighted by Gasteiger charge is 2.24. The van der Waals surface area contributed by atoms with Crippen molar-refractivity contribution in [1.29, 1.82) is 0 Å². The molecule has 0 aromatic heterocycles. The Morgan fingerprint density at radius 2 is 1.62 bits per heavy atom. The molecule has 0 amide bonds. The van der Waals surface area contributed by atoms with Gasteiger partial charge in [-0.05, 0) is 75.4 Å². The molecule has 4 nitrogen and oxygen atoms in total. The maximum Gasteiger partial charge on any atom is 0.184 e. The van der Waals surface area contributed by atoms with Gasteiger partial charge in [-0.3, -0.25) is 4.90 Å². The van der Waals surface area contributed by atoms with Gasteiger partial charge in [-0.15, -0.1) is 0 Å². The topological polar surface area (TPSA) is 38.7 Å². The molecule has 1 aliphatic heterocycles. The van der Waals surface area contributed by atoms with Crippen LogP contribution in [0.2, 0.25) is 0 Å². The summed E-state index contributed by atoms with van der Waals surface area (Å²) in [5.41, 5.74) is 1.95. The number of nitrogens with one attached hydrogen (secondary N) is 1. The van der Waals surface area contributed by atoms with Gasteiger partial charge in [0.15, 0.2) is 6.35 Å². The number of nitrogens with zero attached hydrogens (tertiary/aromatic N) is 2. The van der Waals surface area contributed by atoms with Gasteiger partial charge in [0.1, 0.15) is 11.6 Å². The maximum absolute atomic E-state index is 13.4. The number of benzene rings is 2. The van der Waals surface area contributed by atoms with E-state index < -0.39 is 18.0 Å². The van der Waals surface area contributed by atoms with Gasteiger partial charge in [-0.25, -0.2) is 8.78 Å². The van der Waals surface area contributed by atoms with Gasteiger partial charge < -0.3 is 15.3 Å². The third-order valence-corrected chi connectivity index (χ3v) is 5.03. The number of piperidine rings is 1. The molecule has 2 aromatic carbocycles. The molecule has 1 unspecified atom stereocenters. The van der Waals surface area contributed by atoms with Crippen LogP contribution in [0, 0.1) is 11.6 Å². The van der Waals surface area contributed by atoms with Crippen LogP contribution in [0.15, 0.2) is 42.5 Å². The lowest BCUT2D eigenvalue weighted by Crippen LogP contribution is -2.49. The van der Waals surface area contributed by atoms with E-state index in [1.165, 1.54) is 12.1 Å². The molecule has 6 heteroatoms. The first-order valence-electron chi connectivity index (χ1n) is 8.84. The molecular formula is C20H25F2N3O. The van der Waals surface area contributed by atoms with Gasteiger partial charge in [-0.2, -0.15) is 0 Å².